The lowest BCUT2D eigenvalue weighted by molar-refractivity contribution is 0.122. The molecule has 27 heavy (non-hydrogen) atoms. The Morgan fingerprint density at radius 3 is 2.67 bits per heavy atom. The van der Waals surface area contributed by atoms with Gasteiger partial charge in [0, 0.05) is 43.5 Å². The Labute approximate surface area is 159 Å². The van der Waals surface area contributed by atoms with Crippen molar-refractivity contribution in [3.63, 3.8) is 0 Å². The van der Waals surface area contributed by atoms with Gasteiger partial charge in [0.15, 0.2) is 0 Å². The first-order valence-electron chi connectivity index (χ1n) is 9.69. The van der Waals surface area contributed by atoms with Gasteiger partial charge in [-0.1, -0.05) is 12.1 Å². The summed E-state index contributed by atoms with van der Waals surface area (Å²) in [5.41, 5.74) is 2.25. The minimum absolute atomic E-state index is 0.0379. The molecule has 6 heteroatoms. The maximum absolute atomic E-state index is 12.3. The molecule has 0 radical (unpaired) electrons. The SMILES string of the molecule is COc1ccc(C[C@H]2CCCN2c2cc(N3CCOCC3)cc(=O)[nH]2)cc1. The molecule has 3 heterocycles. The van der Waals surface area contributed by atoms with Crippen LogP contribution in [0.5, 0.6) is 5.75 Å². The summed E-state index contributed by atoms with van der Waals surface area (Å²) in [6.45, 7) is 4.07. The maximum Gasteiger partial charge on any atom is 0.251 e. The van der Waals surface area contributed by atoms with E-state index in [2.05, 4.69) is 33.0 Å². The van der Waals surface area contributed by atoms with Gasteiger partial charge in [-0.25, -0.2) is 0 Å². The van der Waals surface area contributed by atoms with E-state index in [4.69, 9.17) is 9.47 Å². The smallest absolute Gasteiger partial charge is 0.251 e. The average Bonchev–Trinajstić information content (AvgIpc) is 3.17. The summed E-state index contributed by atoms with van der Waals surface area (Å²) in [6.07, 6.45) is 3.24. The Hall–Kier alpha value is -2.47. The lowest BCUT2D eigenvalue weighted by atomic mass is 10.0. The van der Waals surface area contributed by atoms with Gasteiger partial charge in [0.1, 0.15) is 11.6 Å². The van der Waals surface area contributed by atoms with E-state index in [9.17, 15) is 4.79 Å². The third-order valence-electron chi connectivity index (χ3n) is 5.51. The van der Waals surface area contributed by atoms with Crippen molar-refractivity contribution in [3.8, 4) is 5.75 Å². The first-order valence-corrected chi connectivity index (χ1v) is 9.69. The molecule has 2 aromatic rings. The second kappa shape index (κ2) is 8.05. The van der Waals surface area contributed by atoms with Crippen LogP contribution in [0, 0.1) is 0 Å². The van der Waals surface area contributed by atoms with Gasteiger partial charge in [0.05, 0.1) is 20.3 Å². The molecule has 4 rings (SSSR count). The van der Waals surface area contributed by atoms with Gasteiger partial charge in [-0.05, 0) is 37.0 Å². The van der Waals surface area contributed by atoms with E-state index in [0.717, 1.165) is 56.2 Å². The molecule has 0 bridgehead atoms. The predicted molar refractivity (Wildman–Crippen MR) is 107 cm³/mol. The number of ether oxygens (including phenoxy) is 2. The summed E-state index contributed by atoms with van der Waals surface area (Å²) in [6, 6.07) is 12.5. The van der Waals surface area contributed by atoms with Crippen molar-refractivity contribution in [3.05, 3.63) is 52.3 Å². The lowest BCUT2D eigenvalue weighted by Crippen LogP contribution is -2.37. The van der Waals surface area contributed by atoms with Crippen molar-refractivity contribution in [2.24, 2.45) is 0 Å². The summed E-state index contributed by atoms with van der Waals surface area (Å²) in [4.78, 5) is 19.9. The molecule has 0 aliphatic carbocycles. The molecule has 0 unspecified atom stereocenters. The van der Waals surface area contributed by atoms with Gasteiger partial charge >= 0.3 is 0 Å². The second-order valence-corrected chi connectivity index (χ2v) is 7.23. The van der Waals surface area contributed by atoms with Crippen molar-refractivity contribution in [2.45, 2.75) is 25.3 Å². The molecule has 0 spiro atoms. The average molecular weight is 369 g/mol. The van der Waals surface area contributed by atoms with Crippen molar-refractivity contribution in [2.75, 3.05) is 49.8 Å². The summed E-state index contributed by atoms with van der Waals surface area (Å²) >= 11 is 0. The van der Waals surface area contributed by atoms with Crippen LogP contribution in [0.2, 0.25) is 0 Å². The van der Waals surface area contributed by atoms with Crippen LogP contribution in [-0.2, 0) is 11.2 Å². The highest BCUT2D eigenvalue weighted by Crippen LogP contribution is 2.28. The normalized spacial score (nSPS) is 20.1. The Morgan fingerprint density at radius 1 is 1.15 bits per heavy atom. The Bertz CT molecular complexity index is 812. The van der Waals surface area contributed by atoms with E-state index in [1.807, 2.05) is 12.1 Å². The Morgan fingerprint density at radius 2 is 1.93 bits per heavy atom. The number of methoxy groups -OCH3 is 1. The number of aromatic nitrogens is 1. The monoisotopic (exact) mass is 369 g/mol. The number of anilines is 2. The Balaban J connectivity index is 1.53. The number of rotatable bonds is 5. The second-order valence-electron chi connectivity index (χ2n) is 7.23. The number of nitrogens with one attached hydrogen (secondary N) is 1. The topological polar surface area (TPSA) is 57.8 Å². The molecule has 1 atom stereocenters. The molecule has 0 saturated carbocycles. The molecule has 144 valence electrons. The standard InChI is InChI=1S/C21H27N3O3/c1-26-19-6-4-16(5-7-19)13-17-3-2-8-24(17)20-14-18(15-21(25)22-20)23-9-11-27-12-10-23/h4-7,14-15,17H,2-3,8-13H2,1H3,(H,22,25)/t17-/m1/s1. The number of hydrogen-bond donors (Lipinski definition) is 1. The highest BCUT2D eigenvalue weighted by atomic mass is 16.5. The predicted octanol–water partition coefficient (Wildman–Crippen LogP) is 2.43. The number of hydrogen-bond acceptors (Lipinski definition) is 5. The van der Waals surface area contributed by atoms with Gasteiger partial charge in [0.25, 0.3) is 5.56 Å². The van der Waals surface area contributed by atoms with E-state index < -0.39 is 0 Å². The number of H-pyrrole nitrogens is 1. The van der Waals surface area contributed by atoms with Crippen LogP contribution in [-0.4, -0.2) is 51.0 Å². The van der Waals surface area contributed by atoms with E-state index in [1.165, 1.54) is 5.56 Å². The molecular formula is C21H27N3O3. The third-order valence-corrected chi connectivity index (χ3v) is 5.51. The van der Waals surface area contributed by atoms with Crippen LogP contribution in [0.1, 0.15) is 18.4 Å². The number of morpholine rings is 1. The molecule has 2 aliphatic rings. The minimum Gasteiger partial charge on any atom is -0.497 e. The molecule has 2 fully saturated rings. The first-order chi connectivity index (χ1) is 13.2. The van der Waals surface area contributed by atoms with Gasteiger partial charge in [0.2, 0.25) is 0 Å². The van der Waals surface area contributed by atoms with E-state index >= 15 is 0 Å². The van der Waals surface area contributed by atoms with Gasteiger partial charge < -0.3 is 24.3 Å². The van der Waals surface area contributed by atoms with Gasteiger partial charge in [-0.3, -0.25) is 4.79 Å². The zero-order valence-corrected chi connectivity index (χ0v) is 15.8. The van der Waals surface area contributed by atoms with Crippen molar-refractivity contribution < 1.29 is 9.47 Å². The largest absolute Gasteiger partial charge is 0.497 e. The van der Waals surface area contributed by atoms with Gasteiger partial charge in [-0.2, -0.15) is 0 Å². The van der Waals surface area contributed by atoms with Crippen molar-refractivity contribution >= 4 is 11.5 Å². The van der Waals surface area contributed by atoms with E-state index in [1.54, 1.807) is 13.2 Å². The fourth-order valence-corrected chi connectivity index (χ4v) is 4.07. The number of benzene rings is 1. The fraction of sp³-hybridized carbons (Fsp3) is 0.476. The highest BCUT2D eigenvalue weighted by molar-refractivity contribution is 5.56. The van der Waals surface area contributed by atoms with Crippen LogP contribution in [0.25, 0.3) is 0 Å². The zero-order chi connectivity index (χ0) is 18.6. The van der Waals surface area contributed by atoms with E-state index in [0.29, 0.717) is 19.3 Å². The van der Waals surface area contributed by atoms with Crippen LogP contribution in [0.15, 0.2) is 41.2 Å². The van der Waals surface area contributed by atoms with Crippen molar-refractivity contribution in [1.29, 1.82) is 0 Å². The minimum atomic E-state index is -0.0379. The van der Waals surface area contributed by atoms with Crippen molar-refractivity contribution in [1.82, 2.24) is 4.98 Å². The van der Waals surface area contributed by atoms with Crippen LogP contribution >= 0.6 is 0 Å². The Kier molecular flexibility index (Phi) is 5.34. The summed E-state index contributed by atoms with van der Waals surface area (Å²) < 4.78 is 10.7. The maximum atomic E-state index is 12.3. The molecule has 1 N–H and O–H groups in total. The van der Waals surface area contributed by atoms with E-state index in [-0.39, 0.29) is 5.56 Å². The molecule has 6 nitrogen and oxygen atoms in total. The fourth-order valence-electron chi connectivity index (χ4n) is 4.07. The third kappa shape index (κ3) is 4.11. The molecule has 2 aliphatic heterocycles. The quantitative estimate of drug-likeness (QED) is 0.877. The summed E-state index contributed by atoms with van der Waals surface area (Å²) in [5, 5.41) is 0. The number of aromatic amines is 1. The lowest BCUT2D eigenvalue weighted by Gasteiger charge is -2.31. The molecule has 2 saturated heterocycles. The molecule has 1 aromatic heterocycles. The number of pyridine rings is 1. The molecule has 0 amide bonds. The van der Waals surface area contributed by atoms with Crippen LogP contribution in [0.3, 0.4) is 0 Å². The molecular weight excluding hydrogens is 342 g/mol. The first kappa shape index (κ1) is 17.9. The van der Waals surface area contributed by atoms with Gasteiger partial charge in [-0.15, -0.1) is 0 Å². The van der Waals surface area contributed by atoms with Crippen LogP contribution in [0.4, 0.5) is 11.5 Å². The molecule has 1 aromatic carbocycles. The number of nitrogens with zero attached hydrogens (tertiary/aromatic N) is 2. The highest BCUT2D eigenvalue weighted by Gasteiger charge is 2.26. The van der Waals surface area contributed by atoms with Crippen LogP contribution < -0.4 is 20.1 Å². The summed E-state index contributed by atoms with van der Waals surface area (Å²) in [5.74, 6) is 1.81. The summed E-state index contributed by atoms with van der Waals surface area (Å²) in [7, 11) is 1.69. The zero-order valence-electron chi connectivity index (χ0n) is 15.8.